The zero-order chi connectivity index (χ0) is 14.7. The molecule has 0 radical (unpaired) electrons. The predicted octanol–water partition coefficient (Wildman–Crippen LogP) is 1.14. The van der Waals surface area contributed by atoms with Crippen LogP contribution in [0.3, 0.4) is 0 Å². The maximum absolute atomic E-state index is 12.6. The molecule has 0 aliphatic carbocycles. The van der Waals surface area contributed by atoms with E-state index in [-0.39, 0.29) is 24.6 Å². The Bertz CT molecular complexity index is 374. The average molecular weight is 284 g/mol. The lowest BCUT2D eigenvalue weighted by molar-refractivity contribution is -0.142. The Morgan fingerprint density at radius 3 is 2.60 bits per heavy atom. The second-order valence-corrected chi connectivity index (χ2v) is 5.88. The number of carbonyl (C=O) groups excluding carboxylic acids is 1. The van der Waals surface area contributed by atoms with Crippen LogP contribution in [0.15, 0.2) is 0 Å². The highest BCUT2D eigenvalue weighted by Gasteiger charge is 2.42. The SMILES string of the molecule is CC1CCN(C(=O)N2CCCC2CCCO)C1C(=O)O. The van der Waals surface area contributed by atoms with Crippen molar-refractivity contribution in [3.05, 3.63) is 0 Å². The number of aliphatic carboxylic acids is 1. The molecule has 114 valence electrons. The maximum Gasteiger partial charge on any atom is 0.326 e. The summed E-state index contributed by atoms with van der Waals surface area (Å²) in [6.45, 7) is 3.25. The van der Waals surface area contributed by atoms with Gasteiger partial charge >= 0.3 is 12.0 Å². The van der Waals surface area contributed by atoms with E-state index in [1.807, 2.05) is 11.8 Å². The van der Waals surface area contributed by atoms with Crippen LogP contribution < -0.4 is 0 Å². The third-order valence-electron chi connectivity index (χ3n) is 4.52. The highest BCUT2D eigenvalue weighted by molar-refractivity contribution is 5.84. The molecular weight excluding hydrogens is 260 g/mol. The van der Waals surface area contributed by atoms with Gasteiger partial charge in [0.1, 0.15) is 6.04 Å². The van der Waals surface area contributed by atoms with Crippen LogP contribution in [-0.4, -0.2) is 63.8 Å². The summed E-state index contributed by atoms with van der Waals surface area (Å²) < 4.78 is 0. The van der Waals surface area contributed by atoms with Crippen LogP contribution >= 0.6 is 0 Å². The Hall–Kier alpha value is -1.30. The number of likely N-dealkylation sites (tertiary alicyclic amines) is 2. The summed E-state index contributed by atoms with van der Waals surface area (Å²) in [5.41, 5.74) is 0. The van der Waals surface area contributed by atoms with Crippen molar-refractivity contribution in [3.8, 4) is 0 Å². The van der Waals surface area contributed by atoms with E-state index in [1.54, 1.807) is 0 Å². The lowest BCUT2D eigenvalue weighted by Gasteiger charge is -2.32. The van der Waals surface area contributed by atoms with Gasteiger partial charge in [-0.1, -0.05) is 6.92 Å². The first-order valence-corrected chi connectivity index (χ1v) is 7.47. The number of aliphatic hydroxyl groups is 1. The topological polar surface area (TPSA) is 81.1 Å². The molecule has 2 aliphatic rings. The fraction of sp³-hybridized carbons (Fsp3) is 0.857. The first kappa shape index (κ1) is 15.1. The number of aliphatic hydroxyl groups excluding tert-OH is 1. The van der Waals surface area contributed by atoms with E-state index in [0.717, 1.165) is 25.7 Å². The van der Waals surface area contributed by atoms with E-state index in [0.29, 0.717) is 19.5 Å². The standard InChI is InChI=1S/C14H24N2O4/c1-10-6-8-16(12(10)13(18)19)14(20)15-7-2-4-11(15)5-3-9-17/h10-12,17H,2-9H2,1H3,(H,18,19). The van der Waals surface area contributed by atoms with E-state index in [1.165, 1.54) is 4.90 Å². The number of carbonyl (C=O) groups is 2. The quantitative estimate of drug-likeness (QED) is 0.811. The fourth-order valence-corrected chi connectivity index (χ4v) is 3.42. The summed E-state index contributed by atoms with van der Waals surface area (Å²) in [7, 11) is 0. The molecule has 6 heteroatoms. The zero-order valence-electron chi connectivity index (χ0n) is 12.0. The van der Waals surface area contributed by atoms with Crippen LogP contribution in [0.25, 0.3) is 0 Å². The first-order chi connectivity index (χ1) is 9.56. The molecule has 0 aromatic heterocycles. The minimum absolute atomic E-state index is 0.00921. The number of carboxylic acid groups (broad SMARTS) is 1. The summed E-state index contributed by atoms with van der Waals surface area (Å²) in [6, 6.07) is -0.677. The number of amides is 2. The molecule has 2 amide bonds. The van der Waals surface area contributed by atoms with Crippen LogP contribution in [0.2, 0.25) is 0 Å². The van der Waals surface area contributed by atoms with Crippen LogP contribution in [0, 0.1) is 5.92 Å². The van der Waals surface area contributed by atoms with E-state index in [9.17, 15) is 14.7 Å². The summed E-state index contributed by atoms with van der Waals surface area (Å²) in [5.74, 6) is -0.899. The Morgan fingerprint density at radius 2 is 1.95 bits per heavy atom. The second-order valence-electron chi connectivity index (χ2n) is 5.88. The van der Waals surface area contributed by atoms with Crippen LogP contribution in [0.4, 0.5) is 4.79 Å². The molecule has 0 bridgehead atoms. The van der Waals surface area contributed by atoms with Gasteiger partial charge in [-0.15, -0.1) is 0 Å². The number of hydrogen-bond acceptors (Lipinski definition) is 3. The van der Waals surface area contributed by atoms with Crippen molar-refractivity contribution in [1.29, 1.82) is 0 Å². The molecule has 2 fully saturated rings. The molecule has 3 atom stereocenters. The molecular formula is C14H24N2O4. The summed E-state index contributed by atoms with van der Waals surface area (Å²) >= 11 is 0. The summed E-state index contributed by atoms with van der Waals surface area (Å²) in [5, 5.41) is 18.2. The first-order valence-electron chi connectivity index (χ1n) is 7.47. The van der Waals surface area contributed by atoms with E-state index in [4.69, 9.17) is 5.11 Å². The molecule has 20 heavy (non-hydrogen) atoms. The molecule has 2 heterocycles. The smallest absolute Gasteiger partial charge is 0.326 e. The Kier molecular flexibility index (Phi) is 4.86. The lowest BCUT2D eigenvalue weighted by atomic mass is 10.0. The highest BCUT2D eigenvalue weighted by Crippen LogP contribution is 2.29. The maximum atomic E-state index is 12.6. The normalized spacial score (nSPS) is 30.0. The third kappa shape index (κ3) is 2.90. The van der Waals surface area contributed by atoms with Gasteiger partial charge in [0.05, 0.1) is 0 Å². The van der Waals surface area contributed by atoms with Crippen LogP contribution in [0.1, 0.15) is 39.0 Å². The van der Waals surface area contributed by atoms with Gasteiger partial charge < -0.3 is 20.0 Å². The molecule has 0 aromatic rings. The summed E-state index contributed by atoms with van der Waals surface area (Å²) in [6.07, 6.45) is 4.14. The van der Waals surface area contributed by atoms with Gasteiger partial charge in [-0.25, -0.2) is 9.59 Å². The molecule has 2 saturated heterocycles. The van der Waals surface area contributed by atoms with Crippen molar-refractivity contribution >= 4 is 12.0 Å². The van der Waals surface area contributed by atoms with Gasteiger partial charge in [-0.05, 0) is 38.0 Å². The van der Waals surface area contributed by atoms with Crippen molar-refractivity contribution in [2.45, 2.75) is 51.1 Å². The minimum atomic E-state index is -0.908. The molecule has 3 unspecified atom stereocenters. The van der Waals surface area contributed by atoms with Crippen molar-refractivity contribution in [2.24, 2.45) is 5.92 Å². The number of rotatable bonds is 4. The fourth-order valence-electron chi connectivity index (χ4n) is 3.42. The van der Waals surface area contributed by atoms with Gasteiger partial charge in [-0.2, -0.15) is 0 Å². The van der Waals surface area contributed by atoms with Crippen molar-refractivity contribution in [2.75, 3.05) is 19.7 Å². The number of hydrogen-bond donors (Lipinski definition) is 2. The van der Waals surface area contributed by atoms with Gasteiger partial charge in [0, 0.05) is 25.7 Å². The largest absolute Gasteiger partial charge is 0.480 e. The molecule has 2 aliphatic heterocycles. The predicted molar refractivity (Wildman–Crippen MR) is 73.4 cm³/mol. The zero-order valence-corrected chi connectivity index (χ0v) is 12.0. The molecule has 0 saturated carbocycles. The highest BCUT2D eigenvalue weighted by atomic mass is 16.4. The van der Waals surface area contributed by atoms with E-state index in [2.05, 4.69) is 0 Å². The van der Waals surface area contributed by atoms with Crippen molar-refractivity contribution < 1.29 is 19.8 Å². The Labute approximate surface area is 119 Å². The number of urea groups is 1. The van der Waals surface area contributed by atoms with E-state index >= 15 is 0 Å². The van der Waals surface area contributed by atoms with Crippen molar-refractivity contribution in [1.82, 2.24) is 9.80 Å². The molecule has 2 N–H and O–H groups in total. The number of carboxylic acids is 1. The monoisotopic (exact) mass is 284 g/mol. The van der Waals surface area contributed by atoms with Gasteiger partial charge in [0.15, 0.2) is 0 Å². The Balaban J connectivity index is 2.04. The van der Waals surface area contributed by atoms with Gasteiger partial charge in [-0.3, -0.25) is 0 Å². The van der Waals surface area contributed by atoms with Gasteiger partial charge in [0.2, 0.25) is 0 Å². The molecule has 6 nitrogen and oxygen atoms in total. The van der Waals surface area contributed by atoms with E-state index < -0.39 is 12.0 Å². The van der Waals surface area contributed by atoms with Gasteiger partial charge in [0.25, 0.3) is 0 Å². The van der Waals surface area contributed by atoms with Crippen molar-refractivity contribution in [3.63, 3.8) is 0 Å². The lowest BCUT2D eigenvalue weighted by Crippen LogP contribution is -2.50. The second kappa shape index (κ2) is 6.43. The molecule has 2 rings (SSSR count). The average Bonchev–Trinajstić information content (AvgIpc) is 3.01. The molecule has 0 spiro atoms. The number of nitrogens with zero attached hydrogens (tertiary/aromatic N) is 2. The summed E-state index contributed by atoms with van der Waals surface area (Å²) in [4.78, 5) is 27.3. The van der Waals surface area contributed by atoms with Crippen LogP contribution in [-0.2, 0) is 4.79 Å². The minimum Gasteiger partial charge on any atom is -0.480 e. The molecule has 0 aromatic carbocycles. The Morgan fingerprint density at radius 1 is 1.20 bits per heavy atom. The van der Waals surface area contributed by atoms with Crippen LogP contribution in [0.5, 0.6) is 0 Å². The third-order valence-corrected chi connectivity index (χ3v) is 4.52.